The summed E-state index contributed by atoms with van der Waals surface area (Å²) in [4.78, 5) is 5.00. The molecule has 172 valence electrons. The van der Waals surface area contributed by atoms with E-state index in [9.17, 15) is 0 Å². The molecule has 0 atom stereocenters. The van der Waals surface area contributed by atoms with Crippen LogP contribution in [0.2, 0.25) is 0 Å². The second-order valence-corrected chi connectivity index (χ2v) is 9.60. The highest BCUT2D eigenvalue weighted by molar-refractivity contribution is 6.36. The minimum absolute atomic E-state index is 0.927. The molecule has 2 heterocycles. The minimum Gasteiger partial charge on any atom is -0.293 e. The Kier molecular flexibility index (Phi) is 4.26. The first-order valence-corrected chi connectivity index (χ1v) is 12.7. The lowest BCUT2D eigenvalue weighted by molar-refractivity contribution is 1.09. The van der Waals surface area contributed by atoms with Crippen LogP contribution in [0.4, 0.5) is 0 Å². The molecule has 0 saturated carbocycles. The number of hydrogen-bond donors (Lipinski definition) is 0. The number of nitrogens with zero attached hydrogens (tertiary/aromatic N) is 2. The summed E-state index contributed by atoms with van der Waals surface area (Å²) in [5.41, 5.74) is 4.67. The average molecular weight is 471 g/mol. The average Bonchev–Trinajstić information content (AvgIpc) is 3.33. The number of benzene rings is 6. The van der Waals surface area contributed by atoms with Gasteiger partial charge in [0.05, 0.1) is 11.0 Å². The van der Waals surface area contributed by atoms with Crippen molar-refractivity contribution >= 4 is 54.1 Å². The number of para-hydroxylation sites is 1. The fourth-order valence-corrected chi connectivity index (χ4v) is 6.00. The first kappa shape index (κ1) is 20.3. The van der Waals surface area contributed by atoms with Crippen LogP contribution in [0.25, 0.3) is 71.1 Å². The van der Waals surface area contributed by atoms with Crippen molar-refractivity contribution in [2.45, 2.75) is 0 Å². The van der Waals surface area contributed by atoms with E-state index in [4.69, 9.17) is 4.98 Å². The van der Waals surface area contributed by atoms with Gasteiger partial charge in [-0.15, -0.1) is 0 Å². The maximum atomic E-state index is 5.00. The molecule has 0 bridgehead atoms. The van der Waals surface area contributed by atoms with Crippen LogP contribution in [0.15, 0.2) is 134 Å². The number of fused-ring (bicyclic) bond motifs is 10. The molecule has 0 spiro atoms. The summed E-state index contributed by atoms with van der Waals surface area (Å²) in [5.74, 6) is 0.927. The van der Waals surface area contributed by atoms with Crippen LogP contribution < -0.4 is 0 Å². The summed E-state index contributed by atoms with van der Waals surface area (Å²) in [6, 6.07) is 45.5. The normalized spacial score (nSPS) is 11.8. The molecule has 2 aromatic heterocycles. The smallest absolute Gasteiger partial charge is 0.137 e. The van der Waals surface area contributed by atoms with Crippen molar-refractivity contribution in [2.75, 3.05) is 0 Å². The maximum absolute atomic E-state index is 5.00. The molecule has 0 aliphatic rings. The van der Waals surface area contributed by atoms with E-state index < -0.39 is 0 Å². The highest BCUT2D eigenvalue weighted by atomic mass is 15.1. The zero-order valence-corrected chi connectivity index (χ0v) is 20.1. The van der Waals surface area contributed by atoms with Gasteiger partial charge in [0.2, 0.25) is 0 Å². The Balaban J connectivity index is 1.55. The molecule has 37 heavy (non-hydrogen) atoms. The van der Waals surface area contributed by atoms with Crippen LogP contribution in [0, 0.1) is 0 Å². The standard InChI is InChI=1S/C35H22N2/c1-2-10-23(11-3-1)25-19-21-32(36-22-25)37-31-17-9-8-16-29(31)34-30-20-18-24-12-4-5-13-26(24)33(30)27-14-6-7-15-28(27)35(34)37/h1-22H. The highest BCUT2D eigenvalue weighted by Gasteiger charge is 2.20. The molecule has 0 fully saturated rings. The molecule has 0 saturated heterocycles. The van der Waals surface area contributed by atoms with Gasteiger partial charge < -0.3 is 0 Å². The second-order valence-electron chi connectivity index (χ2n) is 9.60. The summed E-state index contributed by atoms with van der Waals surface area (Å²) >= 11 is 0. The zero-order valence-electron chi connectivity index (χ0n) is 20.1. The molecule has 8 rings (SSSR count). The lowest BCUT2D eigenvalue weighted by atomic mass is 9.93. The molecule has 0 aliphatic heterocycles. The van der Waals surface area contributed by atoms with E-state index in [2.05, 4.69) is 126 Å². The third kappa shape index (κ3) is 2.90. The zero-order chi connectivity index (χ0) is 24.3. The lowest BCUT2D eigenvalue weighted by Crippen LogP contribution is -1.98. The Hall–Kier alpha value is -4.95. The van der Waals surface area contributed by atoms with Crippen LogP contribution in [0.3, 0.4) is 0 Å². The summed E-state index contributed by atoms with van der Waals surface area (Å²) in [7, 11) is 0. The molecule has 0 aliphatic carbocycles. The predicted molar refractivity (Wildman–Crippen MR) is 157 cm³/mol. The van der Waals surface area contributed by atoms with Crippen molar-refractivity contribution in [1.82, 2.24) is 9.55 Å². The molecule has 0 unspecified atom stereocenters. The van der Waals surface area contributed by atoms with Crippen molar-refractivity contribution in [3.63, 3.8) is 0 Å². The van der Waals surface area contributed by atoms with Crippen LogP contribution in [0.1, 0.15) is 0 Å². The van der Waals surface area contributed by atoms with Crippen LogP contribution in [-0.2, 0) is 0 Å². The quantitative estimate of drug-likeness (QED) is 0.230. The van der Waals surface area contributed by atoms with E-state index in [-0.39, 0.29) is 0 Å². The van der Waals surface area contributed by atoms with Crippen LogP contribution >= 0.6 is 0 Å². The van der Waals surface area contributed by atoms with Gasteiger partial charge in [0, 0.05) is 27.9 Å². The van der Waals surface area contributed by atoms with E-state index >= 15 is 0 Å². The topological polar surface area (TPSA) is 17.8 Å². The van der Waals surface area contributed by atoms with Gasteiger partial charge in [-0.1, -0.05) is 109 Å². The van der Waals surface area contributed by atoms with E-state index in [1.165, 1.54) is 59.7 Å². The summed E-state index contributed by atoms with van der Waals surface area (Å²) in [6.45, 7) is 0. The van der Waals surface area contributed by atoms with Gasteiger partial charge in [0.15, 0.2) is 0 Å². The van der Waals surface area contributed by atoms with Gasteiger partial charge >= 0.3 is 0 Å². The van der Waals surface area contributed by atoms with E-state index in [1.54, 1.807) is 0 Å². The van der Waals surface area contributed by atoms with Crippen molar-refractivity contribution in [3.8, 4) is 16.9 Å². The largest absolute Gasteiger partial charge is 0.293 e. The third-order valence-corrected chi connectivity index (χ3v) is 7.61. The van der Waals surface area contributed by atoms with Crippen LogP contribution in [-0.4, -0.2) is 9.55 Å². The fourth-order valence-electron chi connectivity index (χ4n) is 6.00. The monoisotopic (exact) mass is 470 g/mol. The van der Waals surface area contributed by atoms with Crippen molar-refractivity contribution in [1.29, 1.82) is 0 Å². The first-order chi connectivity index (χ1) is 18.4. The SMILES string of the molecule is c1ccc(-c2ccc(-n3c4ccccc4c4c5ccc6ccccc6c5c5ccccc5c43)nc2)cc1. The van der Waals surface area contributed by atoms with Gasteiger partial charge in [0.25, 0.3) is 0 Å². The van der Waals surface area contributed by atoms with Crippen molar-refractivity contribution < 1.29 is 0 Å². The summed E-state index contributed by atoms with van der Waals surface area (Å²) < 4.78 is 2.34. The molecular formula is C35H22N2. The van der Waals surface area contributed by atoms with Gasteiger partial charge in [-0.2, -0.15) is 0 Å². The molecular weight excluding hydrogens is 448 g/mol. The van der Waals surface area contributed by atoms with E-state index in [0.717, 1.165) is 11.4 Å². The Morgan fingerprint density at radius 3 is 1.95 bits per heavy atom. The van der Waals surface area contributed by atoms with Gasteiger partial charge in [-0.05, 0) is 50.7 Å². The van der Waals surface area contributed by atoms with E-state index in [0.29, 0.717) is 0 Å². The third-order valence-electron chi connectivity index (χ3n) is 7.61. The maximum Gasteiger partial charge on any atom is 0.137 e. The molecule has 0 amide bonds. The van der Waals surface area contributed by atoms with Gasteiger partial charge in [-0.25, -0.2) is 4.98 Å². The Morgan fingerprint density at radius 1 is 0.432 bits per heavy atom. The van der Waals surface area contributed by atoms with Crippen molar-refractivity contribution in [3.05, 3.63) is 134 Å². The number of hydrogen-bond acceptors (Lipinski definition) is 1. The fraction of sp³-hybridized carbons (Fsp3) is 0. The number of pyridine rings is 1. The number of rotatable bonds is 2. The first-order valence-electron chi connectivity index (χ1n) is 12.7. The Bertz CT molecular complexity index is 2120. The molecule has 8 aromatic rings. The number of aromatic nitrogens is 2. The minimum atomic E-state index is 0.927. The molecule has 6 aromatic carbocycles. The van der Waals surface area contributed by atoms with E-state index in [1.807, 2.05) is 12.3 Å². The molecule has 2 nitrogen and oxygen atoms in total. The Morgan fingerprint density at radius 2 is 1.14 bits per heavy atom. The molecule has 0 N–H and O–H groups in total. The summed E-state index contributed by atoms with van der Waals surface area (Å²) in [5, 5.41) is 10.2. The summed E-state index contributed by atoms with van der Waals surface area (Å²) in [6.07, 6.45) is 1.99. The van der Waals surface area contributed by atoms with Gasteiger partial charge in [0.1, 0.15) is 5.82 Å². The second kappa shape index (κ2) is 7.78. The lowest BCUT2D eigenvalue weighted by Gasteiger charge is -2.13. The predicted octanol–water partition coefficient (Wildman–Crippen LogP) is 9.31. The highest BCUT2D eigenvalue weighted by Crippen LogP contribution is 2.44. The van der Waals surface area contributed by atoms with Crippen LogP contribution in [0.5, 0.6) is 0 Å². The van der Waals surface area contributed by atoms with Crippen molar-refractivity contribution in [2.24, 2.45) is 0 Å². The van der Waals surface area contributed by atoms with Gasteiger partial charge in [-0.3, -0.25) is 4.57 Å². The molecule has 0 radical (unpaired) electrons. The molecule has 2 heteroatoms. The Labute approximate surface area is 214 Å².